The molecule has 0 radical (unpaired) electrons. The number of halogens is 1. The molecule has 122 valence electrons. The van der Waals surface area contributed by atoms with Crippen molar-refractivity contribution in [2.75, 3.05) is 10.6 Å². The highest BCUT2D eigenvalue weighted by molar-refractivity contribution is 9.10. The molecule has 24 heavy (non-hydrogen) atoms. The van der Waals surface area contributed by atoms with E-state index in [9.17, 15) is 0 Å². The van der Waals surface area contributed by atoms with Gasteiger partial charge in [-0.3, -0.25) is 0 Å². The van der Waals surface area contributed by atoms with Crippen LogP contribution in [0.1, 0.15) is 16.7 Å². The summed E-state index contributed by atoms with van der Waals surface area (Å²) in [5.41, 5.74) is 4.51. The smallest absolute Gasteiger partial charge is 0.249 e. The molecule has 0 unspecified atom stereocenters. The highest BCUT2D eigenvalue weighted by Gasteiger charge is 2.03. The van der Waals surface area contributed by atoms with E-state index in [4.69, 9.17) is 0 Å². The van der Waals surface area contributed by atoms with Crippen LogP contribution in [0.25, 0.3) is 0 Å². The van der Waals surface area contributed by atoms with E-state index in [1.807, 2.05) is 25.1 Å². The van der Waals surface area contributed by atoms with Crippen molar-refractivity contribution >= 4 is 33.4 Å². The molecule has 0 amide bonds. The van der Waals surface area contributed by atoms with E-state index in [1.54, 1.807) is 6.20 Å². The molecule has 1 aromatic heterocycles. The van der Waals surface area contributed by atoms with Crippen molar-refractivity contribution < 1.29 is 0 Å². The average Bonchev–Trinajstić information content (AvgIpc) is 2.58. The van der Waals surface area contributed by atoms with Crippen LogP contribution in [0.5, 0.6) is 0 Å². The van der Waals surface area contributed by atoms with Crippen LogP contribution in [0.4, 0.5) is 17.5 Å². The van der Waals surface area contributed by atoms with Crippen LogP contribution in [0.15, 0.2) is 53.1 Å². The lowest BCUT2D eigenvalue weighted by Crippen LogP contribution is -2.05. The van der Waals surface area contributed by atoms with Crippen LogP contribution in [0, 0.1) is 13.8 Å². The Labute approximate surface area is 149 Å². The van der Waals surface area contributed by atoms with E-state index in [-0.39, 0.29) is 0 Å². The molecule has 0 fully saturated rings. The van der Waals surface area contributed by atoms with Crippen LogP contribution in [-0.2, 0) is 6.54 Å². The van der Waals surface area contributed by atoms with Crippen LogP contribution in [0.2, 0.25) is 0 Å². The average molecular weight is 384 g/mol. The summed E-state index contributed by atoms with van der Waals surface area (Å²) < 4.78 is 1.07. The molecule has 0 bridgehead atoms. The van der Waals surface area contributed by atoms with Crippen LogP contribution < -0.4 is 10.6 Å². The van der Waals surface area contributed by atoms with Crippen molar-refractivity contribution in [1.82, 2.24) is 15.2 Å². The van der Waals surface area contributed by atoms with E-state index in [1.165, 1.54) is 11.1 Å². The van der Waals surface area contributed by atoms with Gasteiger partial charge in [0.15, 0.2) is 5.82 Å². The van der Waals surface area contributed by atoms with Gasteiger partial charge >= 0.3 is 0 Å². The summed E-state index contributed by atoms with van der Waals surface area (Å²) in [6.45, 7) is 4.80. The predicted molar refractivity (Wildman–Crippen MR) is 100 cm³/mol. The van der Waals surface area contributed by atoms with E-state index in [0.29, 0.717) is 18.3 Å². The molecule has 5 nitrogen and oxygen atoms in total. The largest absolute Gasteiger partial charge is 0.365 e. The maximum absolute atomic E-state index is 4.45. The number of hydrogen-bond acceptors (Lipinski definition) is 5. The maximum Gasteiger partial charge on any atom is 0.249 e. The topological polar surface area (TPSA) is 62.7 Å². The number of aromatic nitrogens is 3. The zero-order valence-corrected chi connectivity index (χ0v) is 15.1. The van der Waals surface area contributed by atoms with Crippen molar-refractivity contribution in [1.29, 1.82) is 0 Å². The van der Waals surface area contributed by atoms with E-state index in [2.05, 4.69) is 72.9 Å². The SMILES string of the molecule is Cc1ccc(CNc2cnnc(Nc3ccc(Br)c(C)c3)n2)cc1. The Morgan fingerprint density at radius 2 is 1.83 bits per heavy atom. The van der Waals surface area contributed by atoms with Crippen LogP contribution in [0.3, 0.4) is 0 Å². The monoisotopic (exact) mass is 383 g/mol. The molecule has 0 saturated heterocycles. The van der Waals surface area contributed by atoms with Crippen molar-refractivity contribution in [3.8, 4) is 0 Å². The number of rotatable bonds is 5. The minimum atomic E-state index is 0.464. The second-order valence-corrected chi connectivity index (χ2v) is 6.45. The van der Waals surface area contributed by atoms with Gasteiger partial charge in [0.25, 0.3) is 0 Å². The van der Waals surface area contributed by atoms with Gasteiger partial charge in [-0.15, -0.1) is 5.10 Å². The van der Waals surface area contributed by atoms with Gasteiger partial charge in [0.05, 0.1) is 6.20 Å². The lowest BCUT2D eigenvalue weighted by Gasteiger charge is -2.09. The fourth-order valence-electron chi connectivity index (χ4n) is 2.19. The minimum Gasteiger partial charge on any atom is -0.365 e. The Morgan fingerprint density at radius 3 is 2.58 bits per heavy atom. The Morgan fingerprint density at radius 1 is 1.04 bits per heavy atom. The van der Waals surface area contributed by atoms with Crippen molar-refractivity contribution in [3.05, 3.63) is 69.8 Å². The van der Waals surface area contributed by atoms with Gasteiger partial charge in [-0.1, -0.05) is 45.8 Å². The number of anilines is 3. The summed E-state index contributed by atoms with van der Waals surface area (Å²) in [5, 5.41) is 14.5. The first-order chi connectivity index (χ1) is 11.6. The number of aryl methyl sites for hydroxylation is 2. The lowest BCUT2D eigenvalue weighted by atomic mass is 10.1. The predicted octanol–water partition coefficient (Wildman–Crippen LogP) is 4.61. The third-order valence-corrected chi connectivity index (χ3v) is 4.46. The van der Waals surface area contributed by atoms with E-state index < -0.39 is 0 Å². The highest BCUT2D eigenvalue weighted by atomic mass is 79.9. The quantitative estimate of drug-likeness (QED) is 0.673. The molecule has 0 atom stereocenters. The summed E-state index contributed by atoms with van der Waals surface area (Å²) in [7, 11) is 0. The third kappa shape index (κ3) is 4.29. The van der Waals surface area contributed by atoms with Gasteiger partial charge in [-0.25, -0.2) is 0 Å². The van der Waals surface area contributed by atoms with Crippen LogP contribution >= 0.6 is 15.9 Å². The number of nitrogens with one attached hydrogen (secondary N) is 2. The highest BCUT2D eigenvalue weighted by Crippen LogP contribution is 2.21. The molecule has 0 aliphatic heterocycles. The van der Waals surface area contributed by atoms with Crippen LogP contribution in [-0.4, -0.2) is 15.2 Å². The standard InChI is InChI=1S/C18H18BrN5/c1-12-3-5-14(6-4-12)10-20-17-11-21-24-18(23-17)22-15-7-8-16(19)13(2)9-15/h3-9,11H,10H2,1-2H3,(H2,20,22,23,24). The Balaban J connectivity index is 1.67. The second-order valence-electron chi connectivity index (χ2n) is 5.59. The first kappa shape index (κ1) is 16.4. The number of benzene rings is 2. The summed E-state index contributed by atoms with van der Waals surface area (Å²) in [6, 6.07) is 14.4. The van der Waals surface area contributed by atoms with Gasteiger partial charge in [0, 0.05) is 16.7 Å². The molecule has 0 spiro atoms. The normalized spacial score (nSPS) is 10.5. The Kier molecular flexibility index (Phi) is 5.05. The van der Waals surface area contributed by atoms with Crippen molar-refractivity contribution in [2.45, 2.75) is 20.4 Å². The number of nitrogens with zero attached hydrogens (tertiary/aromatic N) is 3. The lowest BCUT2D eigenvalue weighted by molar-refractivity contribution is 0.965. The molecule has 3 aromatic rings. The van der Waals surface area contributed by atoms with Crippen molar-refractivity contribution in [2.24, 2.45) is 0 Å². The maximum atomic E-state index is 4.45. The van der Waals surface area contributed by atoms with Gasteiger partial charge < -0.3 is 10.6 Å². The first-order valence-electron chi connectivity index (χ1n) is 7.62. The fraction of sp³-hybridized carbons (Fsp3) is 0.167. The molecular formula is C18H18BrN5. The molecule has 2 aromatic carbocycles. The second kappa shape index (κ2) is 7.40. The summed E-state index contributed by atoms with van der Waals surface area (Å²) >= 11 is 3.49. The zero-order chi connectivity index (χ0) is 16.9. The fourth-order valence-corrected chi connectivity index (χ4v) is 2.44. The zero-order valence-electron chi connectivity index (χ0n) is 13.5. The van der Waals surface area contributed by atoms with Gasteiger partial charge in [0.2, 0.25) is 5.95 Å². The molecule has 0 saturated carbocycles. The molecule has 0 aliphatic carbocycles. The Hall–Kier alpha value is -2.47. The molecule has 0 aliphatic rings. The molecule has 2 N–H and O–H groups in total. The molecular weight excluding hydrogens is 366 g/mol. The summed E-state index contributed by atoms with van der Waals surface area (Å²) in [4.78, 5) is 4.45. The van der Waals surface area contributed by atoms with E-state index in [0.717, 1.165) is 15.7 Å². The van der Waals surface area contributed by atoms with Gasteiger partial charge in [-0.05, 0) is 43.2 Å². The molecule has 1 heterocycles. The minimum absolute atomic E-state index is 0.464. The Bertz CT molecular complexity index is 833. The number of hydrogen-bond donors (Lipinski definition) is 2. The van der Waals surface area contributed by atoms with E-state index >= 15 is 0 Å². The van der Waals surface area contributed by atoms with Crippen molar-refractivity contribution in [3.63, 3.8) is 0 Å². The first-order valence-corrected chi connectivity index (χ1v) is 8.42. The van der Waals surface area contributed by atoms with Gasteiger partial charge in [-0.2, -0.15) is 10.1 Å². The third-order valence-electron chi connectivity index (χ3n) is 3.57. The molecule has 3 rings (SSSR count). The van der Waals surface area contributed by atoms with Gasteiger partial charge in [0.1, 0.15) is 0 Å². The summed E-state index contributed by atoms with van der Waals surface area (Å²) in [5.74, 6) is 1.15. The molecule has 6 heteroatoms. The summed E-state index contributed by atoms with van der Waals surface area (Å²) in [6.07, 6.45) is 1.62.